The minimum Gasteiger partial charge on any atom is -0.497 e. The molecule has 1 aliphatic heterocycles. The van der Waals surface area contributed by atoms with Crippen LogP contribution in [0.15, 0.2) is 24.3 Å². The van der Waals surface area contributed by atoms with Crippen molar-refractivity contribution in [2.45, 2.75) is 32.2 Å². The highest BCUT2D eigenvalue weighted by Crippen LogP contribution is 2.19. The maximum Gasteiger partial charge on any atom is 0.118 e. The third-order valence-corrected chi connectivity index (χ3v) is 4.16. The molecule has 0 saturated carbocycles. The maximum atomic E-state index is 6.03. The second-order valence-corrected chi connectivity index (χ2v) is 5.66. The molecule has 0 radical (unpaired) electrons. The molecule has 0 amide bonds. The van der Waals surface area contributed by atoms with E-state index in [4.69, 9.17) is 10.5 Å². The fourth-order valence-electron chi connectivity index (χ4n) is 2.80. The zero-order valence-electron chi connectivity index (χ0n) is 12.1. The van der Waals surface area contributed by atoms with Gasteiger partial charge in [-0.25, -0.2) is 0 Å². The Morgan fingerprint density at radius 3 is 2.74 bits per heavy atom. The Hall–Kier alpha value is -1.06. The largest absolute Gasteiger partial charge is 0.497 e. The van der Waals surface area contributed by atoms with Gasteiger partial charge in [-0.05, 0) is 56.3 Å². The number of likely N-dealkylation sites (tertiary alicyclic amines) is 1. The number of piperidine rings is 1. The lowest BCUT2D eigenvalue weighted by molar-refractivity contribution is 0.162. The Labute approximate surface area is 116 Å². The van der Waals surface area contributed by atoms with E-state index in [2.05, 4.69) is 24.0 Å². The molecule has 106 valence electrons. The predicted molar refractivity (Wildman–Crippen MR) is 79.5 cm³/mol. The van der Waals surface area contributed by atoms with Crippen molar-refractivity contribution < 1.29 is 4.74 Å². The van der Waals surface area contributed by atoms with Crippen LogP contribution in [-0.2, 0) is 6.42 Å². The van der Waals surface area contributed by atoms with Crippen molar-refractivity contribution in [1.82, 2.24) is 4.90 Å². The van der Waals surface area contributed by atoms with Crippen molar-refractivity contribution in [2.75, 3.05) is 26.7 Å². The first-order chi connectivity index (χ1) is 9.19. The van der Waals surface area contributed by atoms with Gasteiger partial charge in [0.15, 0.2) is 0 Å². The zero-order chi connectivity index (χ0) is 13.7. The van der Waals surface area contributed by atoms with E-state index in [1.807, 2.05) is 12.1 Å². The van der Waals surface area contributed by atoms with Gasteiger partial charge < -0.3 is 15.4 Å². The first-order valence-electron chi connectivity index (χ1n) is 7.30. The summed E-state index contributed by atoms with van der Waals surface area (Å²) in [5, 5.41) is 0. The molecule has 0 spiro atoms. The Kier molecular flexibility index (Phi) is 5.23. The Bertz CT molecular complexity index is 375. The van der Waals surface area contributed by atoms with E-state index >= 15 is 0 Å². The summed E-state index contributed by atoms with van der Waals surface area (Å²) in [5.41, 5.74) is 7.41. The predicted octanol–water partition coefficient (Wildman–Crippen LogP) is 2.30. The maximum absolute atomic E-state index is 6.03. The van der Waals surface area contributed by atoms with Gasteiger partial charge in [-0.1, -0.05) is 12.1 Å². The van der Waals surface area contributed by atoms with E-state index in [0.29, 0.717) is 12.0 Å². The number of methoxy groups -OCH3 is 1. The topological polar surface area (TPSA) is 38.5 Å². The van der Waals surface area contributed by atoms with Gasteiger partial charge in [0.1, 0.15) is 5.75 Å². The zero-order valence-corrected chi connectivity index (χ0v) is 12.1. The van der Waals surface area contributed by atoms with Crippen LogP contribution in [0.3, 0.4) is 0 Å². The third kappa shape index (κ3) is 4.22. The van der Waals surface area contributed by atoms with Crippen LogP contribution in [0.25, 0.3) is 0 Å². The monoisotopic (exact) mass is 262 g/mol. The van der Waals surface area contributed by atoms with Gasteiger partial charge in [-0.15, -0.1) is 0 Å². The molecule has 1 saturated heterocycles. The molecule has 19 heavy (non-hydrogen) atoms. The van der Waals surface area contributed by atoms with Crippen molar-refractivity contribution in [3.8, 4) is 5.75 Å². The summed E-state index contributed by atoms with van der Waals surface area (Å²) in [7, 11) is 1.71. The minimum absolute atomic E-state index is 0.323. The molecule has 2 rings (SSSR count). The molecule has 1 aliphatic rings. The summed E-state index contributed by atoms with van der Waals surface area (Å²) in [6.45, 7) is 5.65. The van der Waals surface area contributed by atoms with Crippen LogP contribution in [0.1, 0.15) is 25.3 Å². The summed E-state index contributed by atoms with van der Waals surface area (Å²) in [5.74, 6) is 1.60. The van der Waals surface area contributed by atoms with E-state index in [-0.39, 0.29) is 0 Å². The molecule has 0 bridgehead atoms. The average molecular weight is 262 g/mol. The number of nitrogens with zero attached hydrogens (tertiary/aromatic N) is 1. The molecule has 2 N–H and O–H groups in total. The van der Waals surface area contributed by atoms with Crippen LogP contribution in [0.4, 0.5) is 0 Å². The van der Waals surface area contributed by atoms with E-state index in [9.17, 15) is 0 Å². The fourth-order valence-corrected chi connectivity index (χ4v) is 2.80. The summed E-state index contributed by atoms with van der Waals surface area (Å²) >= 11 is 0. The molecular formula is C16H26N2O. The minimum atomic E-state index is 0.323. The van der Waals surface area contributed by atoms with Gasteiger partial charge in [-0.3, -0.25) is 0 Å². The molecule has 1 aromatic rings. The number of hydrogen-bond donors (Lipinski definition) is 1. The Morgan fingerprint density at radius 1 is 1.37 bits per heavy atom. The van der Waals surface area contributed by atoms with E-state index in [0.717, 1.165) is 25.3 Å². The molecule has 1 heterocycles. The number of hydrogen-bond acceptors (Lipinski definition) is 3. The second-order valence-electron chi connectivity index (χ2n) is 5.66. The van der Waals surface area contributed by atoms with Crippen molar-refractivity contribution in [3.63, 3.8) is 0 Å². The smallest absolute Gasteiger partial charge is 0.118 e. The lowest BCUT2D eigenvalue weighted by Gasteiger charge is -2.34. The second kappa shape index (κ2) is 6.92. The first-order valence-corrected chi connectivity index (χ1v) is 7.30. The van der Waals surface area contributed by atoms with Gasteiger partial charge in [0.05, 0.1) is 7.11 Å². The van der Waals surface area contributed by atoms with Crippen LogP contribution in [0, 0.1) is 5.92 Å². The summed E-state index contributed by atoms with van der Waals surface area (Å²) < 4.78 is 5.18. The van der Waals surface area contributed by atoms with Crippen molar-refractivity contribution >= 4 is 0 Å². The molecule has 0 aromatic heterocycles. The molecule has 1 aromatic carbocycles. The highest BCUT2D eigenvalue weighted by Gasteiger charge is 2.22. The number of nitrogens with two attached hydrogens (primary N) is 1. The standard InChI is InChI=1S/C16H26N2O/c1-13(17)15-4-3-10-18(12-15)11-9-14-5-7-16(19-2)8-6-14/h5-8,13,15H,3-4,9-12,17H2,1-2H3. The molecule has 1 fully saturated rings. The summed E-state index contributed by atoms with van der Waals surface area (Å²) in [6, 6.07) is 8.72. The summed E-state index contributed by atoms with van der Waals surface area (Å²) in [4.78, 5) is 2.56. The highest BCUT2D eigenvalue weighted by molar-refractivity contribution is 5.27. The van der Waals surface area contributed by atoms with E-state index in [1.54, 1.807) is 7.11 Å². The Morgan fingerprint density at radius 2 is 2.11 bits per heavy atom. The van der Waals surface area contributed by atoms with Gasteiger partial charge in [-0.2, -0.15) is 0 Å². The third-order valence-electron chi connectivity index (χ3n) is 4.16. The average Bonchev–Trinajstić information content (AvgIpc) is 2.46. The SMILES string of the molecule is COc1ccc(CCN2CCCC(C(C)N)C2)cc1. The van der Waals surface area contributed by atoms with Crippen molar-refractivity contribution in [2.24, 2.45) is 11.7 Å². The lowest BCUT2D eigenvalue weighted by atomic mass is 9.92. The van der Waals surface area contributed by atoms with Crippen LogP contribution in [0.5, 0.6) is 5.75 Å². The number of ether oxygens (including phenoxy) is 1. The molecular weight excluding hydrogens is 236 g/mol. The van der Waals surface area contributed by atoms with E-state index < -0.39 is 0 Å². The van der Waals surface area contributed by atoms with Gasteiger partial charge >= 0.3 is 0 Å². The van der Waals surface area contributed by atoms with E-state index in [1.165, 1.54) is 24.9 Å². The van der Waals surface area contributed by atoms with Gasteiger partial charge in [0, 0.05) is 19.1 Å². The normalized spacial score (nSPS) is 22.2. The summed E-state index contributed by atoms with van der Waals surface area (Å²) in [6.07, 6.45) is 3.68. The van der Waals surface area contributed by atoms with Crippen LogP contribution < -0.4 is 10.5 Å². The van der Waals surface area contributed by atoms with Crippen LogP contribution in [-0.4, -0.2) is 37.7 Å². The molecule has 0 aliphatic carbocycles. The first kappa shape index (κ1) is 14.4. The van der Waals surface area contributed by atoms with Crippen molar-refractivity contribution in [3.05, 3.63) is 29.8 Å². The van der Waals surface area contributed by atoms with Gasteiger partial charge in [0.2, 0.25) is 0 Å². The highest BCUT2D eigenvalue weighted by atomic mass is 16.5. The van der Waals surface area contributed by atoms with Crippen molar-refractivity contribution in [1.29, 1.82) is 0 Å². The Balaban J connectivity index is 1.80. The fraction of sp³-hybridized carbons (Fsp3) is 0.625. The lowest BCUT2D eigenvalue weighted by Crippen LogP contribution is -2.43. The van der Waals surface area contributed by atoms with Crippen LogP contribution in [0.2, 0.25) is 0 Å². The van der Waals surface area contributed by atoms with Crippen LogP contribution >= 0.6 is 0 Å². The number of benzene rings is 1. The number of rotatable bonds is 5. The molecule has 3 nitrogen and oxygen atoms in total. The molecule has 2 unspecified atom stereocenters. The molecule has 3 heteroatoms. The van der Waals surface area contributed by atoms with Gasteiger partial charge in [0.25, 0.3) is 0 Å². The quantitative estimate of drug-likeness (QED) is 0.885. The molecule has 2 atom stereocenters.